The third kappa shape index (κ3) is 3.65. The number of carbonyl (C=O) groups excluding carboxylic acids is 2. The maximum Gasteiger partial charge on any atom is 0.257 e. The lowest BCUT2D eigenvalue weighted by atomic mass is 10.1. The summed E-state index contributed by atoms with van der Waals surface area (Å²) < 4.78 is 5.58. The summed E-state index contributed by atoms with van der Waals surface area (Å²) in [7, 11) is 1.61. The number of benzene rings is 1. The Kier molecular flexibility index (Phi) is 4.67. The van der Waals surface area contributed by atoms with E-state index in [1.54, 1.807) is 19.2 Å². The lowest BCUT2D eigenvalue weighted by Crippen LogP contribution is -2.41. The molecule has 114 valence electrons. The molecule has 1 aromatic carbocycles. The van der Waals surface area contributed by atoms with Crippen LogP contribution in [0.1, 0.15) is 24.2 Å². The fourth-order valence-corrected chi connectivity index (χ4v) is 2.20. The van der Waals surface area contributed by atoms with Gasteiger partial charge in [-0.15, -0.1) is 0 Å². The van der Waals surface area contributed by atoms with Crippen LogP contribution in [0, 0.1) is 0 Å². The molecule has 2 N–H and O–H groups in total. The lowest BCUT2D eigenvalue weighted by Gasteiger charge is -2.24. The molecule has 0 saturated heterocycles. The van der Waals surface area contributed by atoms with E-state index in [2.05, 4.69) is 10.6 Å². The van der Waals surface area contributed by atoms with Gasteiger partial charge in [0.2, 0.25) is 5.91 Å². The molecule has 1 aliphatic heterocycles. The molecule has 0 spiro atoms. The van der Waals surface area contributed by atoms with Gasteiger partial charge in [-0.3, -0.25) is 9.59 Å². The molecule has 6 nitrogen and oxygen atoms in total. The Balaban J connectivity index is 2.11. The number of nitrogens with one attached hydrogen (secondary N) is 2. The first-order valence-corrected chi connectivity index (χ1v) is 7.03. The average molecular weight is 291 g/mol. The maximum absolute atomic E-state index is 12.5. The van der Waals surface area contributed by atoms with Gasteiger partial charge >= 0.3 is 0 Å². The number of fused-ring (bicyclic) bond motifs is 1. The molecule has 6 heteroatoms. The zero-order chi connectivity index (χ0) is 15.4. The Bertz CT molecular complexity index is 543. The van der Waals surface area contributed by atoms with Crippen LogP contribution in [-0.4, -0.2) is 49.5 Å². The first-order chi connectivity index (χ1) is 9.99. The fraction of sp³-hybridized carbons (Fsp3) is 0.467. The van der Waals surface area contributed by atoms with Gasteiger partial charge in [0.25, 0.3) is 5.91 Å². The summed E-state index contributed by atoms with van der Waals surface area (Å²) in [6.07, 6.45) is 0. The summed E-state index contributed by atoms with van der Waals surface area (Å²) in [6, 6.07) is 5.44. The number of para-hydroxylation sites is 1. The summed E-state index contributed by atoms with van der Waals surface area (Å²) in [5.74, 6) is 0.156. The van der Waals surface area contributed by atoms with Gasteiger partial charge in [-0.25, -0.2) is 0 Å². The second kappa shape index (κ2) is 6.47. The van der Waals surface area contributed by atoms with Crippen LogP contribution < -0.4 is 15.4 Å². The van der Waals surface area contributed by atoms with Crippen molar-refractivity contribution in [3.8, 4) is 5.75 Å². The van der Waals surface area contributed by atoms with Crippen LogP contribution >= 0.6 is 0 Å². The van der Waals surface area contributed by atoms with Gasteiger partial charge in [0, 0.05) is 19.6 Å². The minimum Gasteiger partial charge on any atom is -0.489 e. The van der Waals surface area contributed by atoms with Crippen LogP contribution in [-0.2, 0) is 4.79 Å². The third-order valence-electron chi connectivity index (χ3n) is 3.09. The smallest absolute Gasteiger partial charge is 0.257 e. The van der Waals surface area contributed by atoms with Gasteiger partial charge in [0.15, 0.2) is 5.75 Å². The first-order valence-electron chi connectivity index (χ1n) is 7.03. The van der Waals surface area contributed by atoms with Crippen molar-refractivity contribution < 1.29 is 14.3 Å². The Labute approximate surface area is 124 Å². The molecule has 2 amide bonds. The van der Waals surface area contributed by atoms with Gasteiger partial charge in [-0.05, 0) is 26.0 Å². The standard InChI is InChI=1S/C15H21N3O3/c1-10(2)17-13(19)9-18(3)15(20)11-5-4-6-12-14(11)21-8-7-16-12/h4-6,10,16H,7-9H2,1-3H3,(H,17,19). The van der Waals surface area contributed by atoms with Crippen molar-refractivity contribution in [1.29, 1.82) is 0 Å². The zero-order valence-corrected chi connectivity index (χ0v) is 12.6. The van der Waals surface area contributed by atoms with Crippen molar-refractivity contribution in [3.05, 3.63) is 23.8 Å². The predicted octanol–water partition coefficient (Wildman–Crippen LogP) is 1.09. The monoisotopic (exact) mass is 291 g/mol. The maximum atomic E-state index is 12.5. The number of anilines is 1. The van der Waals surface area contributed by atoms with Gasteiger partial charge in [-0.1, -0.05) is 6.07 Å². The van der Waals surface area contributed by atoms with E-state index >= 15 is 0 Å². The average Bonchev–Trinajstić information content (AvgIpc) is 2.44. The molecule has 0 unspecified atom stereocenters. The van der Waals surface area contributed by atoms with E-state index in [1.807, 2.05) is 19.9 Å². The molecule has 0 bridgehead atoms. The Hall–Kier alpha value is -2.24. The minimum atomic E-state index is -0.227. The van der Waals surface area contributed by atoms with Crippen LogP contribution in [0.15, 0.2) is 18.2 Å². The molecule has 0 saturated carbocycles. The number of ether oxygens (including phenoxy) is 1. The third-order valence-corrected chi connectivity index (χ3v) is 3.09. The van der Waals surface area contributed by atoms with E-state index in [0.29, 0.717) is 17.9 Å². The van der Waals surface area contributed by atoms with Crippen LogP contribution in [0.2, 0.25) is 0 Å². The number of hydrogen-bond donors (Lipinski definition) is 2. The first kappa shape index (κ1) is 15.2. The molecule has 0 atom stereocenters. The normalized spacial score (nSPS) is 13.0. The van der Waals surface area contributed by atoms with E-state index in [9.17, 15) is 9.59 Å². The highest BCUT2D eigenvalue weighted by Gasteiger charge is 2.22. The number of likely N-dealkylation sites (N-methyl/N-ethyl adjacent to an activating group) is 1. The number of nitrogens with zero attached hydrogens (tertiary/aromatic N) is 1. The van der Waals surface area contributed by atoms with E-state index in [1.165, 1.54) is 4.90 Å². The fourth-order valence-electron chi connectivity index (χ4n) is 2.20. The largest absolute Gasteiger partial charge is 0.489 e. The summed E-state index contributed by atoms with van der Waals surface area (Å²) in [5, 5.41) is 5.95. The summed E-state index contributed by atoms with van der Waals surface area (Å²) in [4.78, 5) is 25.6. The van der Waals surface area contributed by atoms with Gasteiger partial charge in [0.1, 0.15) is 6.61 Å². The van der Waals surface area contributed by atoms with Gasteiger partial charge in [0.05, 0.1) is 17.8 Å². The van der Waals surface area contributed by atoms with E-state index in [4.69, 9.17) is 4.74 Å². The predicted molar refractivity (Wildman–Crippen MR) is 80.7 cm³/mol. The van der Waals surface area contributed by atoms with Crippen molar-refractivity contribution in [2.45, 2.75) is 19.9 Å². The van der Waals surface area contributed by atoms with Gasteiger partial charge in [-0.2, -0.15) is 0 Å². The van der Waals surface area contributed by atoms with Crippen molar-refractivity contribution >= 4 is 17.5 Å². The molecule has 0 fully saturated rings. The number of hydrogen-bond acceptors (Lipinski definition) is 4. The molecule has 2 rings (SSSR count). The Morgan fingerprint density at radius 2 is 2.19 bits per heavy atom. The molecule has 0 aromatic heterocycles. The second-order valence-corrected chi connectivity index (χ2v) is 5.34. The second-order valence-electron chi connectivity index (χ2n) is 5.34. The van der Waals surface area contributed by atoms with Gasteiger partial charge < -0.3 is 20.3 Å². The molecule has 1 heterocycles. The highest BCUT2D eigenvalue weighted by Crippen LogP contribution is 2.31. The van der Waals surface area contributed by atoms with Crippen molar-refractivity contribution in [3.63, 3.8) is 0 Å². The highest BCUT2D eigenvalue weighted by molar-refractivity contribution is 6.00. The molecule has 1 aromatic rings. The molecule has 21 heavy (non-hydrogen) atoms. The number of amides is 2. The van der Waals surface area contributed by atoms with Crippen molar-refractivity contribution in [1.82, 2.24) is 10.2 Å². The summed E-state index contributed by atoms with van der Waals surface area (Å²) in [6.45, 7) is 5.03. The van der Waals surface area contributed by atoms with E-state index in [0.717, 1.165) is 12.2 Å². The van der Waals surface area contributed by atoms with Crippen LogP contribution in [0.25, 0.3) is 0 Å². The van der Waals surface area contributed by atoms with E-state index < -0.39 is 0 Å². The highest BCUT2D eigenvalue weighted by atomic mass is 16.5. The molecule has 1 aliphatic rings. The van der Waals surface area contributed by atoms with Crippen molar-refractivity contribution in [2.75, 3.05) is 32.1 Å². The Morgan fingerprint density at radius 3 is 2.90 bits per heavy atom. The zero-order valence-electron chi connectivity index (χ0n) is 12.6. The lowest BCUT2D eigenvalue weighted by molar-refractivity contribution is -0.122. The van der Waals surface area contributed by atoms with Crippen LogP contribution in [0.5, 0.6) is 5.75 Å². The molecule has 0 aliphatic carbocycles. The van der Waals surface area contributed by atoms with Crippen LogP contribution in [0.3, 0.4) is 0 Å². The molecular formula is C15H21N3O3. The van der Waals surface area contributed by atoms with Crippen LogP contribution in [0.4, 0.5) is 5.69 Å². The number of rotatable bonds is 4. The molecule has 0 radical (unpaired) electrons. The topological polar surface area (TPSA) is 70.7 Å². The molecular weight excluding hydrogens is 270 g/mol. The summed E-state index contributed by atoms with van der Waals surface area (Å²) in [5.41, 5.74) is 1.28. The summed E-state index contributed by atoms with van der Waals surface area (Å²) >= 11 is 0. The minimum absolute atomic E-state index is 0.0219. The Morgan fingerprint density at radius 1 is 1.43 bits per heavy atom. The van der Waals surface area contributed by atoms with E-state index in [-0.39, 0.29) is 24.4 Å². The SMILES string of the molecule is CC(C)NC(=O)CN(C)C(=O)c1cccc2c1OCCN2. The van der Waals surface area contributed by atoms with Crippen molar-refractivity contribution in [2.24, 2.45) is 0 Å². The number of carbonyl (C=O) groups is 2. The quantitative estimate of drug-likeness (QED) is 0.871.